The highest BCUT2D eigenvalue weighted by atomic mass is 16.2. The summed E-state index contributed by atoms with van der Waals surface area (Å²) in [7, 11) is 0. The lowest BCUT2D eigenvalue weighted by molar-refractivity contribution is -0.114. The summed E-state index contributed by atoms with van der Waals surface area (Å²) in [6.45, 7) is 0.228. The molecule has 2 heteroatoms. The molecule has 0 saturated carbocycles. The van der Waals surface area contributed by atoms with Gasteiger partial charge in [0.25, 0.3) is 0 Å². The van der Waals surface area contributed by atoms with Crippen LogP contribution in [0.15, 0.2) is 11.6 Å². The lowest BCUT2D eigenvalue weighted by Gasteiger charge is -1.95. The molecule has 1 rings (SSSR count). The Kier molecular flexibility index (Phi) is 2.63. The van der Waals surface area contributed by atoms with Crippen molar-refractivity contribution >= 4 is 5.78 Å². The highest BCUT2D eigenvalue weighted by Gasteiger charge is 2.10. The van der Waals surface area contributed by atoms with Gasteiger partial charge >= 0.3 is 0 Å². The maximum atomic E-state index is 10.7. The van der Waals surface area contributed by atoms with Gasteiger partial charge in [-0.05, 0) is 25.3 Å². The lowest BCUT2D eigenvalue weighted by Crippen LogP contribution is -1.83. The summed E-state index contributed by atoms with van der Waals surface area (Å²) in [6, 6.07) is 0. The van der Waals surface area contributed by atoms with Gasteiger partial charge in [0.2, 0.25) is 0 Å². The van der Waals surface area contributed by atoms with E-state index in [1.807, 2.05) is 0 Å². The molecule has 0 saturated heterocycles. The third kappa shape index (κ3) is 1.95. The first-order valence-corrected chi connectivity index (χ1v) is 3.66. The number of hydrogen-bond donors (Lipinski definition) is 1. The summed E-state index contributed by atoms with van der Waals surface area (Å²) in [5.74, 6) is 0.243. The quantitative estimate of drug-likeness (QED) is 0.636. The predicted octanol–water partition coefficient (Wildman–Crippen LogP) is 1.05. The van der Waals surface area contributed by atoms with Crippen LogP contribution in [0, 0.1) is 0 Å². The molecule has 0 aromatic heterocycles. The number of ketones is 1. The zero-order chi connectivity index (χ0) is 7.40. The Labute approximate surface area is 60.6 Å². The molecule has 0 atom stereocenters. The molecule has 1 aliphatic rings. The summed E-state index contributed by atoms with van der Waals surface area (Å²) in [6.07, 6.45) is 5.00. The van der Waals surface area contributed by atoms with E-state index in [-0.39, 0.29) is 12.4 Å². The van der Waals surface area contributed by atoms with Crippen LogP contribution >= 0.6 is 0 Å². The van der Waals surface area contributed by atoms with Crippen molar-refractivity contribution in [1.82, 2.24) is 0 Å². The number of carbonyl (C=O) groups excluding carboxylic acids is 1. The molecule has 0 aromatic carbocycles. The molecular weight excluding hydrogens is 128 g/mol. The first kappa shape index (κ1) is 7.48. The molecule has 56 valence electrons. The fourth-order valence-corrected chi connectivity index (χ4v) is 1.16. The summed E-state index contributed by atoms with van der Waals surface area (Å²) in [4.78, 5) is 10.7. The van der Waals surface area contributed by atoms with E-state index in [0.29, 0.717) is 6.42 Å². The van der Waals surface area contributed by atoms with E-state index < -0.39 is 0 Å². The summed E-state index contributed by atoms with van der Waals surface area (Å²) in [5.41, 5.74) is 1.21. The van der Waals surface area contributed by atoms with Gasteiger partial charge < -0.3 is 5.11 Å². The van der Waals surface area contributed by atoms with Gasteiger partial charge in [-0.25, -0.2) is 0 Å². The Bertz CT molecular complexity index is 159. The fraction of sp³-hybridized carbons (Fsp3) is 0.625. The number of aliphatic hydroxyl groups is 1. The Morgan fingerprint density at radius 3 is 2.80 bits per heavy atom. The Hall–Kier alpha value is -0.630. The molecule has 0 heterocycles. The van der Waals surface area contributed by atoms with E-state index in [9.17, 15) is 4.79 Å². The summed E-state index contributed by atoms with van der Waals surface area (Å²) < 4.78 is 0. The first-order chi connectivity index (χ1) is 4.83. The van der Waals surface area contributed by atoms with Crippen LogP contribution in [-0.4, -0.2) is 17.5 Å². The molecule has 0 aromatic rings. The minimum absolute atomic E-state index is 0.228. The van der Waals surface area contributed by atoms with Crippen molar-refractivity contribution in [3.63, 3.8) is 0 Å². The normalized spacial score (nSPS) is 17.7. The van der Waals surface area contributed by atoms with Crippen LogP contribution in [0.3, 0.4) is 0 Å². The van der Waals surface area contributed by atoms with E-state index in [1.165, 1.54) is 5.57 Å². The van der Waals surface area contributed by atoms with Crippen LogP contribution in [0.4, 0.5) is 0 Å². The maximum absolute atomic E-state index is 10.7. The van der Waals surface area contributed by atoms with Crippen molar-refractivity contribution in [3.05, 3.63) is 11.6 Å². The molecule has 2 nitrogen and oxygen atoms in total. The van der Waals surface area contributed by atoms with E-state index in [0.717, 1.165) is 19.3 Å². The molecule has 0 fully saturated rings. The highest BCUT2D eigenvalue weighted by Crippen LogP contribution is 2.18. The lowest BCUT2D eigenvalue weighted by atomic mass is 10.1. The highest BCUT2D eigenvalue weighted by molar-refractivity contribution is 5.92. The van der Waals surface area contributed by atoms with Gasteiger partial charge in [0, 0.05) is 13.0 Å². The number of aliphatic hydroxyl groups excluding tert-OH is 1. The first-order valence-electron chi connectivity index (χ1n) is 3.66. The molecule has 0 radical (unpaired) electrons. The number of rotatable bonds is 3. The van der Waals surface area contributed by atoms with Gasteiger partial charge in [0.05, 0.1) is 0 Å². The Morgan fingerprint density at radius 1 is 1.50 bits per heavy atom. The van der Waals surface area contributed by atoms with Crippen LogP contribution in [0.5, 0.6) is 0 Å². The maximum Gasteiger partial charge on any atom is 0.155 e. The van der Waals surface area contributed by atoms with Crippen LogP contribution in [-0.2, 0) is 4.79 Å². The van der Waals surface area contributed by atoms with Crippen LogP contribution in [0.1, 0.15) is 25.7 Å². The van der Waals surface area contributed by atoms with Crippen LogP contribution < -0.4 is 0 Å². The molecule has 1 N–H and O–H groups in total. The van der Waals surface area contributed by atoms with Crippen LogP contribution in [0.25, 0.3) is 0 Å². The molecule has 0 amide bonds. The fourth-order valence-electron chi connectivity index (χ4n) is 1.16. The molecular formula is C8H12O2. The van der Waals surface area contributed by atoms with E-state index in [1.54, 1.807) is 6.08 Å². The minimum Gasteiger partial charge on any atom is -0.396 e. The second kappa shape index (κ2) is 3.52. The second-order valence-electron chi connectivity index (χ2n) is 2.60. The number of allylic oxidation sites excluding steroid dienone is 2. The molecule has 10 heavy (non-hydrogen) atoms. The van der Waals surface area contributed by atoms with Crippen molar-refractivity contribution in [3.8, 4) is 0 Å². The SMILES string of the molecule is O=C1C=C(CCCO)CC1. The topological polar surface area (TPSA) is 37.3 Å². The monoisotopic (exact) mass is 140 g/mol. The van der Waals surface area contributed by atoms with Gasteiger partial charge in [-0.3, -0.25) is 4.79 Å². The third-order valence-electron chi connectivity index (χ3n) is 1.71. The van der Waals surface area contributed by atoms with Gasteiger partial charge in [-0.15, -0.1) is 0 Å². The van der Waals surface area contributed by atoms with Gasteiger partial charge in [-0.1, -0.05) is 5.57 Å². The standard InChI is InChI=1S/C8H12O2/c9-5-1-2-7-3-4-8(10)6-7/h6,9H,1-5H2. The van der Waals surface area contributed by atoms with Crippen molar-refractivity contribution in [1.29, 1.82) is 0 Å². The smallest absolute Gasteiger partial charge is 0.155 e. The summed E-state index contributed by atoms with van der Waals surface area (Å²) in [5, 5.41) is 8.48. The van der Waals surface area contributed by atoms with Crippen molar-refractivity contribution in [2.45, 2.75) is 25.7 Å². The van der Waals surface area contributed by atoms with Gasteiger partial charge in [-0.2, -0.15) is 0 Å². The molecule has 1 aliphatic carbocycles. The molecule has 0 bridgehead atoms. The zero-order valence-electron chi connectivity index (χ0n) is 5.97. The van der Waals surface area contributed by atoms with Gasteiger partial charge in [0.1, 0.15) is 0 Å². The average Bonchev–Trinajstić information content (AvgIpc) is 2.31. The van der Waals surface area contributed by atoms with E-state index in [4.69, 9.17) is 5.11 Å². The number of carbonyl (C=O) groups is 1. The third-order valence-corrected chi connectivity index (χ3v) is 1.71. The largest absolute Gasteiger partial charge is 0.396 e. The average molecular weight is 140 g/mol. The minimum atomic E-state index is 0.228. The van der Waals surface area contributed by atoms with E-state index >= 15 is 0 Å². The molecule has 0 aliphatic heterocycles. The summed E-state index contributed by atoms with van der Waals surface area (Å²) >= 11 is 0. The Balaban J connectivity index is 2.28. The zero-order valence-corrected chi connectivity index (χ0v) is 5.97. The van der Waals surface area contributed by atoms with Crippen molar-refractivity contribution in [2.24, 2.45) is 0 Å². The molecule has 0 spiro atoms. The van der Waals surface area contributed by atoms with Crippen LogP contribution in [0.2, 0.25) is 0 Å². The Morgan fingerprint density at radius 2 is 2.30 bits per heavy atom. The van der Waals surface area contributed by atoms with Gasteiger partial charge in [0.15, 0.2) is 5.78 Å². The number of hydrogen-bond acceptors (Lipinski definition) is 2. The van der Waals surface area contributed by atoms with E-state index in [2.05, 4.69) is 0 Å². The molecule has 0 unspecified atom stereocenters. The van der Waals surface area contributed by atoms with Crippen molar-refractivity contribution < 1.29 is 9.90 Å². The van der Waals surface area contributed by atoms with Crippen molar-refractivity contribution in [2.75, 3.05) is 6.61 Å². The second-order valence-corrected chi connectivity index (χ2v) is 2.60. The predicted molar refractivity (Wildman–Crippen MR) is 38.6 cm³/mol.